The average Bonchev–Trinajstić information content (AvgIpc) is 2.93. The third kappa shape index (κ3) is 2.35. The van der Waals surface area contributed by atoms with E-state index in [0.29, 0.717) is 5.92 Å². The monoisotopic (exact) mass is 236 g/mol. The Kier molecular flexibility index (Phi) is 2.71. The molecule has 2 atom stereocenters. The molecule has 0 heterocycles. The van der Waals surface area contributed by atoms with Gasteiger partial charge in [-0.15, -0.1) is 0 Å². The number of aromatic hydroxyl groups is 1. The number of benzene rings is 1. The van der Waals surface area contributed by atoms with Crippen LogP contribution in [0.25, 0.3) is 0 Å². The molecule has 1 aromatic rings. The van der Waals surface area contributed by atoms with Gasteiger partial charge >= 0.3 is 0 Å². The van der Waals surface area contributed by atoms with E-state index in [1.54, 1.807) is 0 Å². The number of phenols is 1. The number of nitro groups is 1. The molecule has 0 aromatic heterocycles. The molecule has 1 fully saturated rings. The van der Waals surface area contributed by atoms with Crippen LogP contribution in [-0.2, 0) is 0 Å². The first-order chi connectivity index (χ1) is 7.99. The molecule has 0 bridgehead atoms. The molecule has 2 rings (SSSR count). The van der Waals surface area contributed by atoms with Crippen molar-refractivity contribution in [2.45, 2.75) is 19.4 Å². The number of nitrogens with one attached hydrogen (secondary N) is 1. The van der Waals surface area contributed by atoms with Crippen LogP contribution < -0.4 is 5.32 Å². The number of phenolic OH excluding ortho intramolecular Hbond substituents is 1. The van der Waals surface area contributed by atoms with Gasteiger partial charge in [-0.25, -0.2) is 0 Å². The molecule has 1 amide bonds. The highest BCUT2D eigenvalue weighted by Gasteiger charge is 2.35. The summed E-state index contributed by atoms with van der Waals surface area (Å²) in [6.45, 7) is 1.99. The predicted octanol–water partition coefficient (Wildman–Crippen LogP) is 1.44. The van der Waals surface area contributed by atoms with Crippen LogP contribution in [0.4, 0.5) is 5.69 Å². The van der Waals surface area contributed by atoms with E-state index in [1.807, 2.05) is 6.92 Å². The number of carbonyl (C=O) groups is 1. The van der Waals surface area contributed by atoms with Crippen LogP contribution in [0.15, 0.2) is 18.2 Å². The Labute approximate surface area is 97.4 Å². The molecule has 6 heteroatoms. The largest absolute Gasteiger partial charge is 0.508 e. The Bertz CT molecular complexity index is 486. The van der Waals surface area contributed by atoms with Crippen molar-refractivity contribution >= 4 is 11.6 Å². The van der Waals surface area contributed by atoms with Gasteiger partial charge < -0.3 is 10.4 Å². The van der Waals surface area contributed by atoms with Gasteiger partial charge in [0.1, 0.15) is 11.3 Å². The summed E-state index contributed by atoms with van der Waals surface area (Å²) in [5.41, 5.74) is -0.400. The summed E-state index contributed by atoms with van der Waals surface area (Å²) >= 11 is 0. The molecule has 1 aromatic carbocycles. The number of nitrogens with zero attached hydrogens (tertiary/aromatic N) is 1. The Morgan fingerprint density at radius 3 is 2.76 bits per heavy atom. The second-order valence-corrected chi connectivity index (χ2v) is 4.25. The van der Waals surface area contributed by atoms with Gasteiger partial charge in [0.05, 0.1) is 4.92 Å². The zero-order valence-corrected chi connectivity index (χ0v) is 9.21. The Morgan fingerprint density at radius 1 is 1.59 bits per heavy atom. The van der Waals surface area contributed by atoms with Crippen LogP contribution in [0, 0.1) is 16.0 Å². The Hall–Kier alpha value is -2.11. The summed E-state index contributed by atoms with van der Waals surface area (Å²) in [5.74, 6) is -0.262. The molecule has 1 aliphatic rings. The Morgan fingerprint density at radius 2 is 2.24 bits per heavy atom. The fourth-order valence-electron chi connectivity index (χ4n) is 1.63. The molecular formula is C11H12N2O4. The van der Waals surface area contributed by atoms with E-state index in [0.717, 1.165) is 18.6 Å². The lowest BCUT2D eigenvalue weighted by Crippen LogP contribution is -2.27. The van der Waals surface area contributed by atoms with Crippen LogP contribution in [-0.4, -0.2) is 22.0 Å². The second kappa shape index (κ2) is 4.04. The smallest absolute Gasteiger partial charge is 0.282 e. The Balaban J connectivity index is 2.26. The quantitative estimate of drug-likeness (QED) is 0.613. The fourth-order valence-corrected chi connectivity index (χ4v) is 1.63. The number of hydrogen-bond donors (Lipinski definition) is 2. The summed E-state index contributed by atoms with van der Waals surface area (Å²) in [5, 5.41) is 22.7. The van der Waals surface area contributed by atoms with Gasteiger partial charge in [-0.2, -0.15) is 0 Å². The highest BCUT2D eigenvalue weighted by atomic mass is 16.6. The van der Waals surface area contributed by atoms with E-state index in [-0.39, 0.29) is 23.0 Å². The third-order valence-corrected chi connectivity index (χ3v) is 2.85. The molecule has 0 aliphatic heterocycles. The van der Waals surface area contributed by atoms with Gasteiger partial charge in [-0.1, -0.05) is 6.92 Å². The zero-order chi connectivity index (χ0) is 12.6. The first-order valence-corrected chi connectivity index (χ1v) is 5.27. The lowest BCUT2D eigenvalue weighted by molar-refractivity contribution is -0.385. The predicted molar refractivity (Wildman–Crippen MR) is 59.8 cm³/mol. The van der Waals surface area contributed by atoms with E-state index >= 15 is 0 Å². The summed E-state index contributed by atoms with van der Waals surface area (Å²) in [7, 11) is 0. The van der Waals surface area contributed by atoms with Gasteiger partial charge in [0, 0.05) is 12.1 Å². The van der Waals surface area contributed by atoms with Crippen molar-refractivity contribution in [3.05, 3.63) is 33.9 Å². The van der Waals surface area contributed by atoms with Crippen molar-refractivity contribution in [1.29, 1.82) is 0 Å². The first kappa shape index (κ1) is 11.4. The number of carbonyl (C=O) groups excluding carboxylic acids is 1. The van der Waals surface area contributed by atoms with Crippen molar-refractivity contribution < 1.29 is 14.8 Å². The van der Waals surface area contributed by atoms with Gasteiger partial charge in [-0.3, -0.25) is 14.9 Å². The molecule has 2 unspecified atom stereocenters. The van der Waals surface area contributed by atoms with E-state index in [9.17, 15) is 20.0 Å². The summed E-state index contributed by atoms with van der Waals surface area (Å²) in [6.07, 6.45) is 0.887. The molecule has 2 N–H and O–H groups in total. The van der Waals surface area contributed by atoms with E-state index in [1.165, 1.54) is 6.07 Å². The van der Waals surface area contributed by atoms with Crippen LogP contribution in [0.2, 0.25) is 0 Å². The van der Waals surface area contributed by atoms with Gasteiger partial charge in [0.25, 0.3) is 11.6 Å². The molecule has 1 saturated carbocycles. The number of rotatable bonds is 3. The molecule has 17 heavy (non-hydrogen) atoms. The lowest BCUT2D eigenvalue weighted by Gasteiger charge is -2.05. The molecule has 1 aliphatic carbocycles. The highest BCUT2D eigenvalue weighted by Crippen LogP contribution is 2.30. The number of nitro benzene ring substituents is 1. The van der Waals surface area contributed by atoms with Gasteiger partial charge in [-0.05, 0) is 24.5 Å². The topological polar surface area (TPSA) is 92.5 Å². The average molecular weight is 236 g/mol. The van der Waals surface area contributed by atoms with Gasteiger partial charge in [0.15, 0.2) is 0 Å². The third-order valence-electron chi connectivity index (χ3n) is 2.85. The minimum atomic E-state index is -0.634. The maximum Gasteiger partial charge on any atom is 0.282 e. The fraction of sp³-hybridized carbons (Fsp3) is 0.364. The standard InChI is InChI=1S/C11H12N2O4/c1-6-4-9(6)12-11(15)8-5-7(14)2-3-10(8)13(16)17/h2-3,5-6,9,14H,4H2,1H3,(H,12,15). The number of hydrogen-bond acceptors (Lipinski definition) is 4. The normalized spacial score (nSPS) is 21.9. The van der Waals surface area contributed by atoms with Crippen molar-refractivity contribution in [1.82, 2.24) is 5.32 Å². The highest BCUT2D eigenvalue weighted by molar-refractivity contribution is 5.98. The SMILES string of the molecule is CC1CC1NC(=O)c1cc(O)ccc1[N+](=O)[O-]. The summed E-state index contributed by atoms with van der Waals surface area (Å²) < 4.78 is 0. The van der Waals surface area contributed by atoms with Crippen LogP contribution >= 0.6 is 0 Å². The lowest BCUT2D eigenvalue weighted by atomic mass is 10.1. The zero-order valence-electron chi connectivity index (χ0n) is 9.21. The maximum atomic E-state index is 11.8. The molecular weight excluding hydrogens is 224 g/mol. The van der Waals surface area contributed by atoms with E-state index in [4.69, 9.17) is 0 Å². The van der Waals surface area contributed by atoms with E-state index in [2.05, 4.69) is 5.32 Å². The molecule has 90 valence electrons. The van der Waals surface area contributed by atoms with Crippen molar-refractivity contribution in [2.24, 2.45) is 5.92 Å². The van der Waals surface area contributed by atoms with Crippen molar-refractivity contribution in [3.8, 4) is 5.75 Å². The minimum absolute atomic E-state index is 0.0875. The van der Waals surface area contributed by atoms with Gasteiger partial charge in [0.2, 0.25) is 0 Å². The summed E-state index contributed by atoms with van der Waals surface area (Å²) in [4.78, 5) is 21.9. The van der Waals surface area contributed by atoms with Crippen LogP contribution in [0.1, 0.15) is 23.7 Å². The summed E-state index contributed by atoms with van der Waals surface area (Å²) in [6, 6.07) is 3.51. The first-order valence-electron chi connectivity index (χ1n) is 5.27. The molecule has 6 nitrogen and oxygen atoms in total. The molecule has 0 radical (unpaired) electrons. The molecule has 0 saturated heterocycles. The maximum absolute atomic E-state index is 11.8. The van der Waals surface area contributed by atoms with E-state index < -0.39 is 10.8 Å². The second-order valence-electron chi connectivity index (χ2n) is 4.25. The van der Waals surface area contributed by atoms with Crippen molar-refractivity contribution in [2.75, 3.05) is 0 Å². The van der Waals surface area contributed by atoms with Crippen molar-refractivity contribution in [3.63, 3.8) is 0 Å². The van der Waals surface area contributed by atoms with Crippen LogP contribution in [0.3, 0.4) is 0 Å². The minimum Gasteiger partial charge on any atom is -0.508 e. The number of amides is 1. The van der Waals surface area contributed by atoms with Crippen LogP contribution in [0.5, 0.6) is 5.75 Å². The molecule has 0 spiro atoms.